The molecule has 0 spiro atoms. The standard InChI is InChI=1S/C25H24F3N3O4Si/c1-36(2,3)11-10-34-15-30-14-19(16-4-6-17(26)7-5-16)23-22(8-9-29-25(23)30)35-24-20(27)12-18(31(32)33)13-21(24)28/h4-9,12-14H,10-11,15H2,1-3H3. The number of nitrogens with zero attached hydrogens (tertiary/aromatic N) is 3. The van der Waals surface area contributed by atoms with Crippen LogP contribution in [-0.2, 0) is 11.5 Å². The van der Waals surface area contributed by atoms with E-state index < -0.39 is 41.9 Å². The van der Waals surface area contributed by atoms with Crippen molar-refractivity contribution in [2.24, 2.45) is 0 Å². The molecule has 7 nitrogen and oxygen atoms in total. The van der Waals surface area contributed by atoms with Gasteiger partial charge in [-0.15, -0.1) is 0 Å². The molecule has 0 N–H and O–H groups in total. The zero-order valence-electron chi connectivity index (χ0n) is 19.9. The highest BCUT2D eigenvalue weighted by atomic mass is 28.3. The van der Waals surface area contributed by atoms with Crippen LogP contribution in [0.2, 0.25) is 25.7 Å². The highest BCUT2D eigenvalue weighted by Crippen LogP contribution is 2.40. The number of non-ortho nitro benzene ring substituents is 1. The molecule has 0 aliphatic rings. The Hall–Kier alpha value is -3.70. The van der Waals surface area contributed by atoms with Gasteiger partial charge in [-0.3, -0.25) is 10.1 Å². The lowest BCUT2D eigenvalue weighted by molar-refractivity contribution is -0.385. The Labute approximate surface area is 206 Å². The van der Waals surface area contributed by atoms with E-state index in [1.807, 2.05) is 0 Å². The van der Waals surface area contributed by atoms with Crippen LogP contribution in [-0.4, -0.2) is 29.2 Å². The molecular weight excluding hydrogens is 491 g/mol. The number of ether oxygens (including phenoxy) is 2. The predicted octanol–water partition coefficient (Wildman–Crippen LogP) is 7.13. The van der Waals surface area contributed by atoms with E-state index in [4.69, 9.17) is 9.47 Å². The highest BCUT2D eigenvalue weighted by Gasteiger charge is 2.22. The largest absolute Gasteiger partial charge is 0.450 e. The molecule has 0 unspecified atom stereocenters. The molecular formula is C25H24F3N3O4Si. The fraction of sp³-hybridized carbons (Fsp3) is 0.240. The molecule has 0 aliphatic heterocycles. The zero-order valence-corrected chi connectivity index (χ0v) is 20.9. The van der Waals surface area contributed by atoms with Crippen LogP contribution in [0.1, 0.15) is 0 Å². The quantitative estimate of drug-likeness (QED) is 0.103. The van der Waals surface area contributed by atoms with Gasteiger partial charge in [-0.25, -0.2) is 18.2 Å². The lowest BCUT2D eigenvalue weighted by Crippen LogP contribution is -2.22. The third-order valence-corrected chi connectivity index (χ3v) is 7.21. The van der Waals surface area contributed by atoms with Gasteiger partial charge in [0.2, 0.25) is 0 Å². The van der Waals surface area contributed by atoms with E-state index in [9.17, 15) is 23.3 Å². The van der Waals surface area contributed by atoms with Crippen LogP contribution in [0.5, 0.6) is 11.5 Å². The zero-order chi connectivity index (χ0) is 26.0. The number of nitro groups is 1. The highest BCUT2D eigenvalue weighted by molar-refractivity contribution is 6.76. The lowest BCUT2D eigenvalue weighted by atomic mass is 10.1. The summed E-state index contributed by atoms with van der Waals surface area (Å²) >= 11 is 0. The van der Waals surface area contributed by atoms with E-state index in [-0.39, 0.29) is 12.5 Å². The van der Waals surface area contributed by atoms with Crippen LogP contribution < -0.4 is 4.74 Å². The normalized spacial score (nSPS) is 11.7. The summed E-state index contributed by atoms with van der Waals surface area (Å²) in [5.74, 6) is -3.56. The second kappa shape index (κ2) is 10.1. The Kier molecular flexibility index (Phi) is 7.13. The molecule has 0 bridgehead atoms. The fourth-order valence-electron chi connectivity index (χ4n) is 3.62. The first kappa shape index (κ1) is 25.4. The van der Waals surface area contributed by atoms with Gasteiger partial charge >= 0.3 is 0 Å². The second-order valence-corrected chi connectivity index (χ2v) is 15.1. The number of pyridine rings is 1. The molecule has 36 heavy (non-hydrogen) atoms. The lowest BCUT2D eigenvalue weighted by Gasteiger charge is -2.15. The van der Waals surface area contributed by atoms with Crippen molar-refractivity contribution in [1.82, 2.24) is 9.55 Å². The molecule has 0 amide bonds. The molecule has 2 heterocycles. The summed E-state index contributed by atoms with van der Waals surface area (Å²) in [5.41, 5.74) is 0.919. The second-order valence-electron chi connectivity index (χ2n) is 9.47. The summed E-state index contributed by atoms with van der Waals surface area (Å²) in [6.45, 7) is 7.48. The Morgan fingerprint density at radius 3 is 2.33 bits per heavy atom. The van der Waals surface area contributed by atoms with Crippen LogP contribution in [0, 0.1) is 27.6 Å². The number of hydrogen-bond acceptors (Lipinski definition) is 5. The Balaban J connectivity index is 1.78. The minimum absolute atomic E-state index is 0.0758. The summed E-state index contributed by atoms with van der Waals surface area (Å²) in [6, 6.07) is 9.34. The first-order valence-corrected chi connectivity index (χ1v) is 14.9. The number of fused-ring (bicyclic) bond motifs is 1. The number of nitro benzene ring substituents is 1. The van der Waals surface area contributed by atoms with Crippen molar-refractivity contribution in [2.75, 3.05) is 6.61 Å². The van der Waals surface area contributed by atoms with E-state index in [1.54, 1.807) is 22.9 Å². The molecule has 2 aromatic heterocycles. The molecule has 0 fully saturated rings. The first-order valence-electron chi connectivity index (χ1n) is 11.2. The molecule has 4 rings (SSSR count). The van der Waals surface area contributed by atoms with E-state index in [2.05, 4.69) is 24.6 Å². The maximum atomic E-state index is 14.6. The predicted molar refractivity (Wildman–Crippen MR) is 132 cm³/mol. The van der Waals surface area contributed by atoms with Crippen molar-refractivity contribution in [3.63, 3.8) is 0 Å². The molecule has 0 saturated heterocycles. The Morgan fingerprint density at radius 2 is 1.72 bits per heavy atom. The maximum Gasteiger partial charge on any atom is 0.275 e. The smallest absolute Gasteiger partial charge is 0.275 e. The fourth-order valence-corrected chi connectivity index (χ4v) is 4.38. The number of aromatic nitrogens is 2. The average Bonchev–Trinajstić information content (AvgIpc) is 3.18. The van der Waals surface area contributed by atoms with Gasteiger partial charge in [0.1, 0.15) is 23.9 Å². The first-order chi connectivity index (χ1) is 17.0. The van der Waals surface area contributed by atoms with E-state index >= 15 is 0 Å². The topological polar surface area (TPSA) is 79.4 Å². The van der Waals surface area contributed by atoms with Crippen molar-refractivity contribution < 1.29 is 27.6 Å². The van der Waals surface area contributed by atoms with Crippen molar-refractivity contribution >= 4 is 24.8 Å². The van der Waals surface area contributed by atoms with Gasteiger partial charge in [-0.05, 0) is 29.8 Å². The summed E-state index contributed by atoms with van der Waals surface area (Å²) in [5, 5.41) is 11.4. The SMILES string of the molecule is C[Si](C)(C)CCOCn1cc(-c2ccc(F)cc2)c2c(Oc3c(F)cc([N+](=O)[O-])cc3F)ccnc21. The van der Waals surface area contributed by atoms with Crippen LogP contribution in [0.15, 0.2) is 54.9 Å². The van der Waals surface area contributed by atoms with Crippen molar-refractivity contribution in [1.29, 1.82) is 0 Å². The molecule has 0 radical (unpaired) electrons. The maximum absolute atomic E-state index is 14.6. The molecule has 0 saturated carbocycles. The number of hydrogen-bond donors (Lipinski definition) is 0. The molecule has 0 atom stereocenters. The van der Waals surface area contributed by atoms with Gasteiger partial charge in [-0.1, -0.05) is 31.8 Å². The van der Waals surface area contributed by atoms with Gasteiger partial charge in [0.15, 0.2) is 17.4 Å². The van der Waals surface area contributed by atoms with Gasteiger partial charge in [0.25, 0.3) is 5.69 Å². The van der Waals surface area contributed by atoms with E-state index in [0.29, 0.717) is 40.9 Å². The van der Waals surface area contributed by atoms with Gasteiger partial charge < -0.3 is 14.0 Å². The number of rotatable bonds is 9. The van der Waals surface area contributed by atoms with Crippen molar-refractivity contribution in [2.45, 2.75) is 32.4 Å². The minimum atomic E-state index is -1.29. The number of benzene rings is 2. The third kappa shape index (κ3) is 5.57. The Bertz CT molecular complexity index is 1400. The summed E-state index contributed by atoms with van der Waals surface area (Å²) in [6.07, 6.45) is 3.18. The molecule has 2 aromatic carbocycles. The van der Waals surface area contributed by atoms with Gasteiger partial charge in [-0.2, -0.15) is 0 Å². The molecule has 0 aliphatic carbocycles. The van der Waals surface area contributed by atoms with Crippen LogP contribution in [0.4, 0.5) is 18.9 Å². The summed E-state index contributed by atoms with van der Waals surface area (Å²) < 4.78 is 56.0. The minimum Gasteiger partial charge on any atom is -0.450 e. The van der Waals surface area contributed by atoms with Crippen molar-refractivity contribution in [3.8, 4) is 22.6 Å². The summed E-state index contributed by atoms with van der Waals surface area (Å²) in [7, 11) is -1.29. The monoisotopic (exact) mass is 515 g/mol. The van der Waals surface area contributed by atoms with Crippen LogP contribution in [0.3, 0.4) is 0 Å². The molecule has 4 aromatic rings. The van der Waals surface area contributed by atoms with E-state index in [0.717, 1.165) is 6.04 Å². The van der Waals surface area contributed by atoms with Crippen LogP contribution in [0.25, 0.3) is 22.2 Å². The summed E-state index contributed by atoms with van der Waals surface area (Å²) in [4.78, 5) is 14.4. The van der Waals surface area contributed by atoms with Crippen LogP contribution >= 0.6 is 0 Å². The number of halogens is 3. The van der Waals surface area contributed by atoms with Gasteiger partial charge in [0.05, 0.1) is 22.4 Å². The van der Waals surface area contributed by atoms with Crippen molar-refractivity contribution in [3.05, 3.63) is 82.4 Å². The average molecular weight is 516 g/mol. The molecule has 188 valence electrons. The molecule has 11 heteroatoms. The third-order valence-electron chi connectivity index (χ3n) is 5.51. The Morgan fingerprint density at radius 1 is 1.06 bits per heavy atom. The van der Waals surface area contributed by atoms with E-state index in [1.165, 1.54) is 24.4 Å². The van der Waals surface area contributed by atoms with Gasteiger partial charge in [0, 0.05) is 32.6 Å².